The van der Waals surface area contributed by atoms with Gasteiger partial charge in [-0.2, -0.15) is 8.78 Å². The lowest BCUT2D eigenvalue weighted by atomic mass is 10.1. The van der Waals surface area contributed by atoms with Crippen LogP contribution in [0.4, 0.5) is 8.78 Å². The highest BCUT2D eigenvalue weighted by Crippen LogP contribution is 2.24. The lowest BCUT2D eigenvalue weighted by Gasteiger charge is -2.23. The van der Waals surface area contributed by atoms with Crippen molar-refractivity contribution in [2.75, 3.05) is 7.11 Å². The van der Waals surface area contributed by atoms with Gasteiger partial charge in [0, 0.05) is 16.0 Å². The number of hydrogen-bond acceptors (Lipinski definition) is 4. The highest BCUT2D eigenvalue weighted by molar-refractivity contribution is 7.09. The molecule has 146 valence electrons. The maximum Gasteiger partial charge on any atom is 0.387 e. The number of benzene rings is 2. The Morgan fingerprint density at radius 1 is 1.07 bits per heavy atom. The Morgan fingerprint density at radius 3 is 2.61 bits per heavy atom. The van der Waals surface area contributed by atoms with E-state index in [2.05, 4.69) is 4.74 Å². The Balaban J connectivity index is 1.88. The van der Waals surface area contributed by atoms with Crippen molar-refractivity contribution in [2.24, 2.45) is 0 Å². The molecule has 3 rings (SSSR count). The minimum Gasteiger partial charge on any atom is -0.496 e. The second-order valence-corrected chi connectivity index (χ2v) is 6.99. The molecule has 0 saturated carbocycles. The van der Waals surface area contributed by atoms with Crippen molar-refractivity contribution in [2.45, 2.75) is 19.7 Å². The molecule has 0 aliphatic rings. The molecule has 0 aliphatic carbocycles. The molecule has 0 bridgehead atoms. The van der Waals surface area contributed by atoms with E-state index in [9.17, 15) is 13.6 Å². The first-order chi connectivity index (χ1) is 13.6. The molecule has 0 spiro atoms. The number of ether oxygens (including phenoxy) is 2. The Labute approximate surface area is 165 Å². The Hall–Kier alpha value is -2.93. The normalized spacial score (nSPS) is 10.7. The SMILES string of the molecule is COc1ccccc1CN(Cc1cccs1)C(=O)c1cccc(OC(F)F)c1. The number of carbonyl (C=O) groups excluding carboxylic acids is 1. The van der Waals surface area contributed by atoms with E-state index in [-0.39, 0.29) is 17.2 Å². The summed E-state index contributed by atoms with van der Waals surface area (Å²) in [5.74, 6) is 0.356. The fraction of sp³-hybridized carbons (Fsp3) is 0.190. The Kier molecular flexibility index (Phi) is 6.60. The molecule has 0 N–H and O–H groups in total. The lowest BCUT2D eigenvalue weighted by molar-refractivity contribution is -0.0499. The second kappa shape index (κ2) is 9.32. The van der Waals surface area contributed by atoms with Crippen LogP contribution in [-0.2, 0) is 13.1 Å². The van der Waals surface area contributed by atoms with E-state index in [0.29, 0.717) is 18.8 Å². The van der Waals surface area contributed by atoms with Crippen molar-refractivity contribution < 1.29 is 23.0 Å². The number of amides is 1. The van der Waals surface area contributed by atoms with Gasteiger partial charge in [-0.05, 0) is 35.7 Å². The topological polar surface area (TPSA) is 38.8 Å². The van der Waals surface area contributed by atoms with Gasteiger partial charge in [-0.25, -0.2) is 0 Å². The summed E-state index contributed by atoms with van der Waals surface area (Å²) in [5, 5.41) is 1.94. The maximum atomic E-state index is 13.2. The third kappa shape index (κ3) is 5.07. The zero-order chi connectivity index (χ0) is 19.9. The number of halogens is 2. The molecule has 0 fully saturated rings. The molecule has 0 aliphatic heterocycles. The molecular weight excluding hydrogens is 384 g/mol. The van der Waals surface area contributed by atoms with Crippen molar-refractivity contribution in [1.82, 2.24) is 4.90 Å². The highest BCUT2D eigenvalue weighted by Gasteiger charge is 2.19. The quantitative estimate of drug-likeness (QED) is 0.519. The largest absolute Gasteiger partial charge is 0.496 e. The molecule has 1 amide bonds. The zero-order valence-electron chi connectivity index (χ0n) is 15.2. The summed E-state index contributed by atoms with van der Waals surface area (Å²) in [6, 6.07) is 17.2. The van der Waals surface area contributed by atoms with Crippen molar-refractivity contribution in [3.63, 3.8) is 0 Å². The molecule has 4 nitrogen and oxygen atoms in total. The number of carbonyl (C=O) groups is 1. The van der Waals surface area contributed by atoms with Crippen molar-refractivity contribution >= 4 is 17.2 Å². The molecule has 7 heteroatoms. The van der Waals surface area contributed by atoms with Crippen molar-refractivity contribution in [3.8, 4) is 11.5 Å². The fourth-order valence-electron chi connectivity index (χ4n) is 2.82. The van der Waals surface area contributed by atoms with Gasteiger partial charge in [0.25, 0.3) is 5.91 Å². The van der Waals surface area contributed by atoms with E-state index in [1.54, 1.807) is 29.4 Å². The van der Waals surface area contributed by atoms with Crippen LogP contribution in [0.1, 0.15) is 20.8 Å². The van der Waals surface area contributed by atoms with E-state index in [4.69, 9.17) is 4.74 Å². The van der Waals surface area contributed by atoms with Crippen LogP contribution in [-0.4, -0.2) is 24.5 Å². The smallest absolute Gasteiger partial charge is 0.387 e. The summed E-state index contributed by atoms with van der Waals surface area (Å²) in [5.41, 5.74) is 1.14. The fourth-order valence-corrected chi connectivity index (χ4v) is 3.54. The number of thiophene rings is 1. The summed E-state index contributed by atoms with van der Waals surface area (Å²) in [6.45, 7) is -2.23. The van der Waals surface area contributed by atoms with E-state index >= 15 is 0 Å². The van der Waals surface area contributed by atoms with Gasteiger partial charge in [-0.1, -0.05) is 30.3 Å². The van der Waals surface area contributed by atoms with Crippen LogP contribution >= 0.6 is 11.3 Å². The Bertz CT molecular complexity index is 916. The molecular formula is C21H19F2NO3S. The first-order valence-electron chi connectivity index (χ1n) is 8.55. The van der Waals surface area contributed by atoms with Crippen molar-refractivity contribution in [1.29, 1.82) is 0 Å². The third-order valence-electron chi connectivity index (χ3n) is 4.07. The summed E-state index contributed by atoms with van der Waals surface area (Å²) in [7, 11) is 1.58. The molecule has 28 heavy (non-hydrogen) atoms. The molecule has 0 atom stereocenters. The summed E-state index contributed by atoms with van der Waals surface area (Å²) >= 11 is 1.55. The van der Waals surface area contributed by atoms with Gasteiger partial charge in [0.05, 0.1) is 20.2 Å². The number of hydrogen-bond donors (Lipinski definition) is 0. The lowest BCUT2D eigenvalue weighted by Crippen LogP contribution is -2.30. The van der Waals surface area contributed by atoms with Gasteiger partial charge in [0.2, 0.25) is 0 Å². The predicted molar refractivity (Wildman–Crippen MR) is 104 cm³/mol. The zero-order valence-corrected chi connectivity index (χ0v) is 16.0. The third-order valence-corrected chi connectivity index (χ3v) is 4.94. The highest BCUT2D eigenvalue weighted by atomic mass is 32.1. The summed E-state index contributed by atoms with van der Waals surface area (Å²) < 4.78 is 34.8. The molecule has 1 heterocycles. The number of methoxy groups -OCH3 is 1. The molecule has 3 aromatic rings. The molecule has 0 radical (unpaired) electrons. The van der Waals surface area contributed by atoms with Gasteiger partial charge in [0.1, 0.15) is 11.5 Å². The van der Waals surface area contributed by atoms with Crippen molar-refractivity contribution in [3.05, 3.63) is 82.0 Å². The number of nitrogens with zero attached hydrogens (tertiary/aromatic N) is 1. The van der Waals surface area contributed by atoms with Crippen LogP contribution in [0.25, 0.3) is 0 Å². The molecule has 0 unspecified atom stereocenters. The van der Waals surface area contributed by atoms with E-state index in [1.165, 1.54) is 18.2 Å². The van der Waals surface area contributed by atoms with Crippen LogP contribution in [0.15, 0.2) is 66.0 Å². The number of alkyl halides is 2. The van der Waals surface area contributed by atoms with Crippen LogP contribution < -0.4 is 9.47 Å². The minimum absolute atomic E-state index is 0.0470. The average Bonchev–Trinajstić information content (AvgIpc) is 3.20. The second-order valence-electron chi connectivity index (χ2n) is 5.96. The van der Waals surface area contributed by atoms with Gasteiger partial charge in [-0.15, -0.1) is 11.3 Å². The maximum absolute atomic E-state index is 13.2. The standard InChI is InChI=1S/C21H19F2NO3S/c1-26-19-10-3-2-6-16(19)13-24(14-18-9-5-11-28-18)20(25)15-7-4-8-17(12-15)27-21(22)23/h2-12,21H,13-14H2,1H3. The molecule has 2 aromatic carbocycles. The monoisotopic (exact) mass is 403 g/mol. The van der Waals surface area contributed by atoms with Crippen LogP contribution in [0.3, 0.4) is 0 Å². The minimum atomic E-state index is -2.94. The van der Waals surface area contributed by atoms with Crippen LogP contribution in [0.2, 0.25) is 0 Å². The predicted octanol–water partition coefficient (Wildman–Crippen LogP) is 5.20. The van der Waals surface area contributed by atoms with Gasteiger partial charge in [-0.3, -0.25) is 4.79 Å². The van der Waals surface area contributed by atoms with Crippen LogP contribution in [0.5, 0.6) is 11.5 Å². The Morgan fingerprint density at radius 2 is 1.89 bits per heavy atom. The first kappa shape index (κ1) is 19.8. The van der Waals surface area contributed by atoms with E-state index in [0.717, 1.165) is 10.4 Å². The summed E-state index contributed by atoms with van der Waals surface area (Å²) in [4.78, 5) is 15.8. The summed E-state index contributed by atoms with van der Waals surface area (Å²) in [6.07, 6.45) is 0. The average molecular weight is 403 g/mol. The van der Waals surface area contributed by atoms with Gasteiger partial charge < -0.3 is 14.4 Å². The van der Waals surface area contributed by atoms with E-state index < -0.39 is 6.61 Å². The van der Waals surface area contributed by atoms with Crippen LogP contribution in [0, 0.1) is 0 Å². The van der Waals surface area contributed by atoms with Gasteiger partial charge >= 0.3 is 6.61 Å². The number of para-hydroxylation sites is 1. The van der Waals surface area contributed by atoms with E-state index in [1.807, 2.05) is 41.8 Å². The molecule has 1 aromatic heterocycles. The number of rotatable bonds is 8. The molecule has 0 saturated heterocycles. The first-order valence-corrected chi connectivity index (χ1v) is 9.43. The van der Waals surface area contributed by atoms with Gasteiger partial charge in [0.15, 0.2) is 0 Å².